The molecule has 0 saturated heterocycles. The summed E-state index contributed by atoms with van der Waals surface area (Å²) in [6.45, 7) is 2.05. The Hall–Kier alpha value is -2.83. The van der Waals surface area contributed by atoms with Gasteiger partial charge < -0.3 is 0 Å². The topological polar surface area (TPSA) is 46.0 Å². The number of hydrogen-bond donors (Lipinski definition) is 1. The number of aromatic nitrogens is 3. The maximum Gasteiger partial charge on any atom is 0.216 e. The zero-order valence-electron chi connectivity index (χ0n) is 14.1. The second-order valence-corrected chi connectivity index (χ2v) is 7.29. The largest absolute Gasteiger partial charge is 0.250 e. The lowest BCUT2D eigenvalue weighted by Gasteiger charge is -2.03. The molecule has 0 aliphatic heterocycles. The molecule has 0 atom stereocenters. The molecule has 1 N–H and O–H groups in total. The van der Waals surface area contributed by atoms with E-state index in [4.69, 9.17) is 12.2 Å². The Kier molecular flexibility index (Phi) is 4.60. The number of nitrogens with one attached hydrogen (secondary N) is 1. The average molecular weight is 377 g/mol. The number of H-pyrrole nitrogens is 1. The summed E-state index contributed by atoms with van der Waals surface area (Å²) in [6.07, 6.45) is 1.82. The lowest BCUT2D eigenvalue weighted by molar-refractivity contribution is 0.871. The van der Waals surface area contributed by atoms with E-state index in [0.717, 1.165) is 16.0 Å². The minimum absolute atomic E-state index is 0.472. The van der Waals surface area contributed by atoms with Crippen LogP contribution in [0.3, 0.4) is 0 Å². The molecule has 0 saturated carbocycles. The zero-order chi connectivity index (χ0) is 17.9. The first kappa shape index (κ1) is 16.6. The van der Waals surface area contributed by atoms with Gasteiger partial charge in [-0.2, -0.15) is 14.9 Å². The van der Waals surface area contributed by atoms with Crippen LogP contribution in [0.2, 0.25) is 0 Å². The van der Waals surface area contributed by atoms with Crippen LogP contribution < -0.4 is 0 Å². The number of benzene rings is 2. The van der Waals surface area contributed by atoms with Gasteiger partial charge in [0.2, 0.25) is 4.77 Å². The molecule has 0 aliphatic rings. The molecular weight excluding hydrogens is 360 g/mol. The van der Waals surface area contributed by atoms with Crippen molar-refractivity contribution >= 4 is 29.8 Å². The van der Waals surface area contributed by atoms with E-state index in [9.17, 15) is 0 Å². The van der Waals surface area contributed by atoms with Crippen molar-refractivity contribution in [2.45, 2.75) is 6.92 Å². The smallest absolute Gasteiger partial charge is 0.216 e. The van der Waals surface area contributed by atoms with E-state index >= 15 is 0 Å². The molecule has 0 spiro atoms. The van der Waals surface area contributed by atoms with Crippen LogP contribution in [0.25, 0.3) is 21.8 Å². The number of aryl methyl sites for hydroxylation is 1. The summed E-state index contributed by atoms with van der Waals surface area (Å²) in [7, 11) is 0. The number of aromatic amines is 1. The highest BCUT2D eigenvalue weighted by Crippen LogP contribution is 2.27. The van der Waals surface area contributed by atoms with E-state index in [1.54, 1.807) is 16.0 Å². The van der Waals surface area contributed by atoms with Gasteiger partial charge in [0.25, 0.3) is 0 Å². The molecule has 0 radical (unpaired) electrons. The van der Waals surface area contributed by atoms with E-state index in [0.29, 0.717) is 10.6 Å². The molecule has 2 aromatic heterocycles. The van der Waals surface area contributed by atoms with Crippen LogP contribution >= 0.6 is 23.6 Å². The van der Waals surface area contributed by atoms with Crippen LogP contribution in [0.1, 0.15) is 10.4 Å². The van der Waals surface area contributed by atoms with Gasteiger partial charge in [-0.3, -0.25) is 0 Å². The molecule has 6 heteroatoms. The molecule has 26 heavy (non-hydrogen) atoms. The molecule has 0 aliphatic carbocycles. The van der Waals surface area contributed by atoms with Crippen LogP contribution in [0, 0.1) is 11.7 Å². The van der Waals surface area contributed by atoms with E-state index in [-0.39, 0.29) is 0 Å². The molecule has 4 rings (SSSR count). The highest BCUT2D eigenvalue weighted by molar-refractivity contribution is 7.71. The van der Waals surface area contributed by atoms with Crippen molar-refractivity contribution in [2.24, 2.45) is 5.10 Å². The van der Waals surface area contributed by atoms with Crippen LogP contribution in [0.4, 0.5) is 0 Å². The van der Waals surface area contributed by atoms with Gasteiger partial charge in [-0.05, 0) is 42.4 Å². The Morgan fingerprint density at radius 1 is 1.04 bits per heavy atom. The summed E-state index contributed by atoms with van der Waals surface area (Å²) < 4.78 is 2.14. The fourth-order valence-corrected chi connectivity index (χ4v) is 3.75. The maximum absolute atomic E-state index is 5.35. The van der Waals surface area contributed by atoms with Gasteiger partial charge >= 0.3 is 0 Å². The van der Waals surface area contributed by atoms with Crippen LogP contribution in [0.5, 0.6) is 0 Å². The molecule has 0 amide bonds. The third-order valence-corrected chi connectivity index (χ3v) is 5.36. The van der Waals surface area contributed by atoms with E-state index in [1.807, 2.05) is 55.6 Å². The van der Waals surface area contributed by atoms with Crippen molar-refractivity contribution in [3.8, 4) is 21.8 Å². The minimum Gasteiger partial charge on any atom is -0.250 e. The SMILES string of the molecule is Cc1ccccc1-c1n[nH]c(=S)n1/N=C\c1ccc(-c2ccccc2)s1. The van der Waals surface area contributed by atoms with Gasteiger partial charge in [0.15, 0.2) is 5.82 Å². The second-order valence-electron chi connectivity index (χ2n) is 5.79. The molecule has 0 unspecified atom stereocenters. The molecule has 0 bridgehead atoms. The van der Waals surface area contributed by atoms with Crippen molar-refractivity contribution in [3.63, 3.8) is 0 Å². The maximum atomic E-state index is 5.35. The fraction of sp³-hybridized carbons (Fsp3) is 0.0500. The van der Waals surface area contributed by atoms with Crippen LogP contribution in [-0.4, -0.2) is 21.1 Å². The number of rotatable bonds is 4. The van der Waals surface area contributed by atoms with Gasteiger partial charge in [0.05, 0.1) is 6.21 Å². The number of thiophene rings is 1. The Labute approximate surface area is 160 Å². The monoisotopic (exact) mass is 376 g/mol. The van der Waals surface area contributed by atoms with Crippen molar-refractivity contribution in [1.29, 1.82) is 0 Å². The summed E-state index contributed by atoms with van der Waals surface area (Å²) in [6, 6.07) is 22.6. The summed E-state index contributed by atoms with van der Waals surface area (Å²) in [4.78, 5) is 2.27. The third-order valence-electron chi connectivity index (χ3n) is 4.02. The van der Waals surface area contributed by atoms with Crippen molar-refractivity contribution in [2.75, 3.05) is 0 Å². The molecule has 4 aromatic rings. The van der Waals surface area contributed by atoms with Gasteiger partial charge in [-0.15, -0.1) is 11.3 Å². The van der Waals surface area contributed by atoms with Crippen LogP contribution in [-0.2, 0) is 0 Å². The van der Waals surface area contributed by atoms with Gasteiger partial charge in [-0.25, -0.2) is 5.10 Å². The van der Waals surface area contributed by atoms with Gasteiger partial charge in [0.1, 0.15) is 0 Å². The quantitative estimate of drug-likeness (QED) is 0.376. The Bertz CT molecular complexity index is 1120. The predicted octanol–water partition coefficient (Wildman–Crippen LogP) is 5.53. The van der Waals surface area contributed by atoms with Gasteiger partial charge in [0, 0.05) is 15.3 Å². The summed E-state index contributed by atoms with van der Waals surface area (Å²) in [5, 5.41) is 11.7. The molecular formula is C20H16N4S2. The third kappa shape index (κ3) is 3.29. The summed E-state index contributed by atoms with van der Waals surface area (Å²) in [5.41, 5.74) is 3.34. The molecule has 2 aromatic carbocycles. The highest BCUT2D eigenvalue weighted by Gasteiger charge is 2.10. The van der Waals surface area contributed by atoms with E-state index < -0.39 is 0 Å². The number of hydrogen-bond acceptors (Lipinski definition) is 4. The van der Waals surface area contributed by atoms with Gasteiger partial charge in [-0.1, -0.05) is 54.6 Å². The minimum atomic E-state index is 0.472. The first-order valence-corrected chi connectivity index (χ1v) is 9.38. The summed E-state index contributed by atoms with van der Waals surface area (Å²) in [5.74, 6) is 0.712. The zero-order valence-corrected chi connectivity index (χ0v) is 15.7. The molecule has 4 nitrogen and oxygen atoms in total. The number of nitrogens with zero attached hydrogens (tertiary/aromatic N) is 3. The van der Waals surface area contributed by atoms with Crippen molar-refractivity contribution in [3.05, 3.63) is 81.9 Å². The van der Waals surface area contributed by atoms with Crippen molar-refractivity contribution in [1.82, 2.24) is 14.9 Å². The first-order chi connectivity index (χ1) is 12.7. The Morgan fingerprint density at radius 3 is 2.62 bits per heavy atom. The molecule has 0 fully saturated rings. The lowest BCUT2D eigenvalue weighted by Crippen LogP contribution is -1.95. The Morgan fingerprint density at radius 2 is 1.81 bits per heavy atom. The summed E-state index contributed by atoms with van der Waals surface area (Å²) >= 11 is 7.04. The lowest BCUT2D eigenvalue weighted by atomic mass is 10.1. The average Bonchev–Trinajstić information content (AvgIpc) is 3.28. The molecule has 128 valence electrons. The standard InChI is InChI=1S/C20H16N4S2/c1-14-7-5-6-10-17(14)19-22-23-20(25)24(19)21-13-16-11-12-18(26-16)15-8-3-2-4-9-15/h2-13H,1H3,(H,23,25)/b21-13-. The van der Waals surface area contributed by atoms with E-state index in [2.05, 4.69) is 39.6 Å². The predicted molar refractivity (Wildman–Crippen MR) is 110 cm³/mol. The molecule has 2 heterocycles. The van der Waals surface area contributed by atoms with Crippen LogP contribution in [0.15, 0.2) is 71.8 Å². The first-order valence-electron chi connectivity index (χ1n) is 8.15. The fourth-order valence-electron chi connectivity index (χ4n) is 2.69. The van der Waals surface area contributed by atoms with E-state index in [1.165, 1.54) is 10.4 Å². The second kappa shape index (κ2) is 7.19. The normalized spacial score (nSPS) is 11.3. The Balaban J connectivity index is 1.67. The highest BCUT2D eigenvalue weighted by atomic mass is 32.1. The van der Waals surface area contributed by atoms with Crippen molar-refractivity contribution < 1.29 is 0 Å².